The fraction of sp³-hybridized carbons (Fsp3) is 0.556. The summed E-state index contributed by atoms with van der Waals surface area (Å²) in [5, 5.41) is 3.86. The third-order valence-corrected chi connectivity index (χ3v) is 7.32. The van der Waals surface area contributed by atoms with E-state index >= 15 is 4.39 Å². The molecular weight excluding hydrogens is 447 g/mol. The Hall–Kier alpha value is -3.03. The molecule has 1 aliphatic rings. The van der Waals surface area contributed by atoms with Crippen LogP contribution in [0.2, 0.25) is 0 Å². The summed E-state index contributed by atoms with van der Waals surface area (Å²) in [7, 11) is 3.39. The number of imidazole rings is 1. The first kappa shape index (κ1) is 25.1. The lowest BCUT2D eigenvalue weighted by atomic mass is 9.78. The van der Waals surface area contributed by atoms with Crippen molar-refractivity contribution in [1.29, 1.82) is 0 Å². The molecule has 2 aromatic heterocycles. The largest absolute Gasteiger partial charge is 0.364 e. The van der Waals surface area contributed by atoms with Gasteiger partial charge in [-0.05, 0) is 43.7 Å². The second-order valence-corrected chi connectivity index (χ2v) is 10.00. The smallest absolute Gasteiger partial charge is 0.222 e. The zero-order chi connectivity index (χ0) is 24.9. The van der Waals surface area contributed by atoms with E-state index in [1.54, 1.807) is 27.1 Å². The van der Waals surface area contributed by atoms with E-state index in [9.17, 15) is 9.59 Å². The highest BCUT2D eigenvalue weighted by Gasteiger charge is 2.30. The Balaban J connectivity index is 1.64. The average molecular weight is 483 g/mol. The van der Waals surface area contributed by atoms with Gasteiger partial charge in [0.25, 0.3) is 0 Å². The van der Waals surface area contributed by atoms with Gasteiger partial charge in [0.15, 0.2) is 11.6 Å². The number of aryl methyl sites for hydroxylation is 2. The van der Waals surface area contributed by atoms with Crippen LogP contribution in [0.5, 0.6) is 0 Å². The van der Waals surface area contributed by atoms with Gasteiger partial charge in [-0.3, -0.25) is 9.59 Å². The molecule has 1 aromatic carbocycles. The number of ketones is 1. The summed E-state index contributed by atoms with van der Waals surface area (Å²) in [5.74, 6) is 0.349. The molecule has 188 valence electrons. The van der Waals surface area contributed by atoms with Crippen LogP contribution in [-0.4, -0.2) is 45.8 Å². The van der Waals surface area contributed by atoms with Gasteiger partial charge in [-0.1, -0.05) is 43.3 Å². The van der Waals surface area contributed by atoms with Crippen molar-refractivity contribution in [3.05, 3.63) is 46.9 Å². The predicted octanol–water partition coefficient (Wildman–Crippen LogP) is 5.74. The van der Waals surface area contributed by atoms with E-state index in [0.29, 0.717) is 40.5 Å². The molecule has 3 aromatic rings. The Morgan fingerprint density at radius 2 is 1.89 bits per heavy atom. The molecule has 4 rings (SSSR count). The molecule has 0 radical (unpaired) electrons. The fourth-order valence-electron chi connectivity index (χ4n) is 5.18. The van der Waals surface area contributed by atoms with Crippen LogP contribution < -0.4 is 0 Å². The van der Waals surface area contributed by atoms with Gasteiger partial charge in [0.05, 0.1) is 16.8 Å². The quantitative estimate of drug-likeness (QED) is 0.414. The molecule has 1 aliphatic carbocycles. The summed E-state index contributed by atoms with van der Waals surface area (Å²) >= 11 is 0. The average Bonchev–Trinajstić information content (AvgIpc) is 3.43. The number of carbonyl (C=O) groups excluding carboxylic acids is 2. The predicted molar refractivity (Wildman–Crippen MR) is 132 cm³/mol. The number of nitrogens with one attached hydrogen (secondary N) is 1. The van der Waals surface area contributed by atoms with Crippen LogP contribution >= 0.6 is 0 Å². The van der Waals surface area contributed by atoms with Crippen LogP contribution in [0.3, 0.4) is 0 Å². The van der Waals surface area contributed by atoms with E-state index in [0.717, 1.165) is 25.7 Å². The maximum absolute atomic E-state index is 15.4. The van der Waals surface area contributed by atoms with E-state index in [1.807, 2.05) is 6.07 Å². The van der Waals surface area contributed by atoms with Crippen LogP contribution in [0.1, 0.15) is 91.1 Å². The lowest BCUT2D eigenvalue weighted by Crippen LogP contribution is -2.21. The highest BCUT2D eigenvalue weighted by Crippen LogP contribution is 2.38. The molecule has 0 aliphatic heterocycles. The number of halogens is 1. The SMILES string of the molecule is Cc1nocc1C(=O)CC(c1nc2c(F)c(CCC(=O)N(C)C)ccc2[nH]1)C1CCCCCCC1. The first-order chi connectivity index (χ1) is 16.8. The van der Waals surface area contributed by atoms with Crippen molar-refractivity contribution in [2.24, 2.45) is 5.92 Å². The number of hydrogen-bond donors (Lipinski definition) is 1. The minimum atomic E-state index is -0.394. The molecule has 1 amide bonds. The number of nitrogens with zero attached hydrogens (tertiary/aromatic N) is 3. The summed E-state index contributed by atoms with van der Waals surface area (Å²) < 4.78 is 20.4. The molecule has 1 N–H and O–H groups in total. The lowest BCUT2D eigenvalue weighted by molar-refractivity contribution is -0.128. The second kappa shape index (κ2) is 11.1. The van der Waals surface area contributed by atoms with Crippen molar-refractivity contribution in [3.8, 4) is 0 Å². The number of hydrogen-bond acceptors (Lipinski definition) is 5. The maximum atomic E-state index is 15.4. The number of fused-ring (bicyclic) bond motifs is 1. The molecule has 7 nitrogen and oxygen atoms in total. The van der Waals surface area contributed by atoms with Crippen LogP contribution in [0.4, 0.5) is 4.39 Å². The number of H-pyrrole nitrogens is 1. The highest BCUT2D eigenvalue weighted by molar-refractivity contribution is 5.97. The normalized spacial score (nSPS) is 16.1. The standard InChI is InChI=1S/C27H35FN4O3/c1-17-21(16-35-31-17)23(33)15-20(18-9-7-5-4-6-8-10-18)27-29-22-13-11-19(25(28)26(22)30-27)12-14-24(34)32(2)3/h11,13,16,18,20H,4-10,12,14-15H2,1-3H3,(H,29,30). The molecule has 1 unspecified atom stereocenters. The summed E-state index contributed by atoms with van der Waals surface area (Å²) in [5.41, 5.74) is 2.45. The van der Waals surface area contributed by atoms with Crippen molar-refractivity contribution in [2.75, 3.05) is 14.1 Å². The number of amides is 1. The number of aromatic amines is 1. The molecule has 1 fully saturated rings. The van der Waals surface area contributed by atoms with E-state index in [2.05, 4.69) is 10.1 Å². The molecule has 0 saturated heterocycles. The van der Waals surface area contributed by atoms with Crippen LogP contribution in [-0.2, 0) is 11.2 Å². The monoisotopic (exact) mass is 482 g/mol. The second-order valence-electron chi connectivity index (χ2n) is 10.00. The molecular formula is C27H35FN4O3. The number of benzene rings is 1. The first-order valence-electron chi connectivity index (χ1n) is 12.7. The fourth-order valence-corrected chi connectivity index (χ4v) is 5.18. The van der Waals surface area contributed by atoms with Crippen molar-refractivity contribution in [2.45, 2.75) is 77.0 Å². The molecule has 8 heteroatoms. The van der Waals surface area contributed by atoms with Gasteiger partial charge < -0.3 is 14.4 Å². The minimum absolute atomic E-state index is 0.0281. The summed E-state index contributed by atoms with van der Waals surface area (Å²) in [6, 6.07) is 3.55. The Kier molecular flexibility index (Phi) is 7.98. The minimum Gasteiger partial charge on any atom is -0.364 e. The number of rotatable bonds is 8. The molecule has 35 heavy (non-hydrogen) atoms. The highest BCUT2D eigenvalue weighted by atomic mass is 19.1. The van der Waals surface area contributed by atoms with Crippen LogP contribution in [0, 0.1) is 18.7 Å². The van der Waals surface area contributed by atoms with E-state index in [1.165, 1.54) is 30.4 Å². The lowest BCUT2D eigenvalue weighted by Gasteiger charge is -2.27. The number of aromatic nitrogens is 3. The summed E-state index contributed by atoms with van der Waals surface area (Å²) in [6.45, 7) is 1.76. The molecule has 0 spiro atoms. The van der Waals surface area contributed by atoms with Crippen molar-refractivity contribution in [1.82, 2.24) is 20.0 Å². The number of Topliss-reactive ketones (excluding diaryl/α,β-unsaturated/α-hetero) is 1. The van der Waals surface area contributed by atoms with E-state index in [-0.39, 0.29) is 36.0 Å². The first-order valence-corrected chi connectivity index (χ1v) is 12.7. The number of carbonyl (C=O) groups is 2. The third-order valence-electron chi connectivity index (χ3n) is 7.32. The van der Waals surface area contributed by atoms with E-state index in [4.69, 9.17) is 9.51 Å². The topological polar surface area (TPSA) is 92.1 Å². The summed E-state index contributed by atoms with van der Waals surface area (Å²) in [6.07, 6.45) is 10.2. The van der Waals surface area contributed by atoms with Crippen molar-refractivity contribution < 1.29 is 18.5 Å². The third kappa shape index (κ3) is 5.80. The molecule has 1 saturated carbocycles. The Morgan fingerprint density at radius 1 is 1.17 bits per heavy atom. The van der Waals surface area contributed by atoms with Gasteiger partial charge in [-0.2, -0.15) is 0 Å². The maximum Gasteiger partial charge on any atom is 0.222 e. The van der Waals surface area contributed by atoms with Gasteiger partial charge in [-0.15, -0.1) is 0 Å². The Labute approximate surface area is 205 Å². The Bertz CT molecular complexity index is 1170. The van der Waals surface area contributed by atoms with E-state index < -0.39 is 5.82 Å². The molecule has 2 heterocycles. The Morgan fingerprint density at radius 3 is 2.54 bits per heavy atom. The van der Waals surface area contributed by atoms with Gasteiger partial charge in [0.1, 0.15) is 17.6 Å². The zero-order valence-corrected chi connectivity index (χ0v) is 20.9. The van der Waals surface area contributed by atoms with Gasteiger partial charge in [0.2, 0.25) is 5.91 Å². The van der Waals surface area contributed by atoms with Crippen molar-refractivity contribution >= 4 is 22.7 Å². The summed E-state index contributed by atoms with van der Waals surface area (Å²) in [4.78, 5) is 34.7. The van der Waals surface area contributed by atoms with Crippen LogP contribution in [0.25, 0.3) is 11.0 Å². The van der Waals surface area contributed by atoms with Gasteiger partial charge in [-0.25, -0.2) is 9.37 Å². The van der Waals surface area contributed by atoms with Gasteiger partial charge in [0, 0.05) is 32.9 Å². The molecule has 1 atom stereocenters. The zero-order valence-electron chi connectivity index (χ0n) is 20.9. The van der Waals surface area contributed by atoms with Crippen molar-refractivity contribution in [3.63, 3.8) is 0 Å². The molecule has 0 bridgehead atoms. The van der Waals surface area contributed by atoms with Crippen LogP contribution in [0.15, 0.2) is 22.9 Å². The van der Waals surface area contributed by atoms with Gasteiger partial charge >= 0.3 is 0 Å².